The fraction of sp³-hybridized carbons (Fsp3) is 0.467. The number of hydrogen-bond donors (Lipinski definition) is 2. The Hall–Kier alpha value is -3.96. The molecule has 1 aliphatic heterocycles. The van der Waals surface area contributed by atoms with Crippen molar-refractivity contribution in [2.45, 2.75) is 40.2 Å². The van der Waals surface area contributed by atoms with Gasteiger partial charge in [-0.3, -0.25) is 9.69 Å². The van der Waals surface area contributed by atoms with Crippen molar-refractivity contribution >= 4 is 34.3 Å². The van der Waals surface area contributed by atoms with Crippen LogP contribution in [0.15, 0.2) is 41.7 Å². The Morgan fingerprint density at radius 2 is 1.83 bits per heavy atom. The fourth-order valence-electron chi connectivity index (χ4n) is 4.40. The minimum Gasteiger partial charge on any atom is -0.493 e. The van der Waals surface area contributed by atoms with Crippen molar-refractivity contribution in [3.63, 3.8) is 0 Å². The minimum absolute atomic E-state index is 0.0818. The van der Waals surface area contributed by atoms with Gasteiger partial charge in [-0.2, -0.15) is 0 Å². The van der Waals surface area contributed by atoms with Crippen LogP contribution in [0.4, 0.5) is 11.5 Å². The third kappa shape index (κ3) is 8.51. The van der Waals surface area contributed by atoms with E-state index in [2.05, 4.69) is 25.5 Å². The van der Waals surface area contributed by atoms with Crippen LogP contribution in [0.25, 0.3) is 10.9 Å². The van der Waals surface area contributed by atoms with Gasteiger partial charge >= 0.3 is 5.97 Å². The van der Waals surface area contributed by atoms with Gasteiger partial charge in [-0.1, -0.05) is 18.2 Å². The van der Waals surface area contributed by atoms with E-state index in [1.54, 1.807) is 7.11 Å². The highest BCUT2D eigenvalue weighted by Gasteiger charge is 2.18. The van der Waals surface area contributed by atoms with Crippen LogP contribution < -0.4 is 20.1 Å². The lowest BCUT2D eigenvalue weighted by Crippen LogP contribution is -2.38. The molecule has 2 aromatic carbocycles. The van der Waals surface area contributed by atoms with E-state index in [0.29, 0.717) is 40.8 Å². The number of methoxy groups -OCH3 is 1. The van der Waals surface area contributed by atoms with E-state index in [-0.39, 0.29) is 6.54 Å². The predicted molar refractivity (Wildman–Crippen MR) is 159 cm³/mol. The lowest BCUT2D eigenvalue weighted by atomic mass is 10.1. The van der Waals surface area contributed by atoms with Crippen molar-refractivity contribution in [1.82, 2.24) is 20.2 Å². The van der Waals surface area contributed by atoms with Gasteiger partial charge in [0.25, 0.3) is 0 Å². The molecule has 0 radical (unpaired) electrons. The van der Waals surface area contributed by atoms with E-state index in [1.165, 1.54) is 6.33 Å². The number of anilines is 1. The van der Waals surface area contributed by atoms with Gasteiger partial charge in [-0.25, -0.2) is 15.0 Å². The van der Waals surface area contributed by atoms with Crippen LogP contribution in [0.1, 0.15) is 31.9 Å². The molecule has 0 unspecified atom stereocenters. The molecule has 0 atom stereocenters. The Morgan fingerprint density at radius 1 is 1.10 bits per heavy atom. The van der Waals surface area contributed by atoms with E-state index >= 15 is 0 Å². The number of para-hydroxylation sites is 1. The molecule has 0 spiro atoms. The third-order valence-electron chi connectivity index (χ3n) is 6.41. The van der Waals surface area contributed by atoms with Gasteiger partial charge < -0.3 is 29.6 Å². The molecule has 3 aromatic rings. The van der Waals surface area contributed by atoms with Crippen LogP contribution in [-0.2, 0) is 14.3 Å². The number of hydrogen-bond acceptors (Lipinski definition) is 9. The summed E-state index contributed by atoms with van der Waals surface area (Å²) in [6.45, 7) is 14.0. The first-order valence-corrected chi connectivity index (χ1v) is 13.8. The summed E-state index contributed by atoms with van der Waals surface area (Å²) in [5.74, 6) is 1.60. The number of ether oxygens (including phenoxy) is 4. The van der Waals surface area contributed by atoms with Crippen molar-refractivity contribution in [3.8, 4) is 11.5 Å². The van der Waals surface area contributed by atoms with Gasteiger partial charge in [0.2, 0.25) is 5.96 Å². The Balaban J connectivity index is 1.59. The molecule has 220 valence electrons. The normalized spacial score (nSPS) is 14.5. The molecule has 4 rings (SSSR count). The number of rotatable bonds is 9. The highest BCUT2D eigenvalue weighted by molar-refractivity contribution is 6.03. The monoisotopic (exact) mass is 564 g/mol. The van der Waals surface area contributed by atoms with E-state index < -0.39 is 11.6 Å². The maximum Gasteiger partial charge on any atom is 0.325 e. The van der Waals surface area contributed by atoms with E-state index in [1.807, 2.05) is 65.0 Å². The largest absolute Gasteiger partial charge is 0.493 e. The van der Waals surface area contributed by atoms with Gasteiger partial charge in [0.05, 0.1) is 31.5 Å². The minimum atomic E-state index is -0.600. The Bertz CT molecular complexity index is 1360. The van der Waals surface area contributed by atoms with Crippen molar-refractivity contribution < 1.29 is 23.7 Å². The zero-order valence-electron chi connectivity index (χ0n) is 24.7. The number of carbonyl (C=O) groups is 1. The Kier molecular flexibility index (Phi) is 9.95. The van der Waals surface area contributed by atoms with Crippen LogP contribution in [0, 0.1) is 13.8 Å². The highest BCUT2D eigenvalue weighted by atomic mass is 16.6. The summed E-state index contributed by atoms with van der Waals surface area (Å²) in [5, 5.41) is 7.06. The Morgan fingerprint density at radius 3 is 2.51 bits per heavy atom. The average molecular weight is 565 g/mol. The SMILES string of the molecule is COc1cc2c(NC(=Nc3c(C)cccc3C)NCC(=O)OC(C)(C)C)ncnc2cc1OCCN1CCOCC1. The lowest BCUT2D eigenvalue weighted by Gasteiger charge is -2.26. The first kappa shape index (κ1) is 30.0. The molecule has 11 heteroatoms. The van der Waals surface area contributed by atoms with Crippen molar-refractivity contribution in [2.75, 3.05) is 58.4 Å². The molecule has 1 saturated heterocycles. The zero-order chi connectivity index (χ0) is 29.4. The number of esters is 1. The number of aryl methyl sites for hydroxylation is 2. The van der Waals surface area contributed by atoms with Crippen molar-refractivity contribution in [1.29, 1.82) is 0 Å². The van der Waals surface area contributed by atoms with E-state index in [4.69, 9.17) is 23.9 Å². The number of benzene rings is 2. The molecule has 11 nitrogen and oxygen atoms in total. The van der Waals surface area contributed by atoms with Crippen LogP contribution in [0.2, 0.25) is 0 Å². The number of guanidine groups is 1. The zero-order valence-corrected chi connectivity index (χ0v) is 24.7. The number of nitrogens with zero attached hydrogens (tertiary/aromatic N) is 4. The molecular weight excluding hydrogens is 524 g/mol. The molecule has 1 aliphatic rings. The van der Waals surface area contributed by atoms with Crippen LogP contribution in [0.3, 0.4) is 0 Å². The molecule has 41 heavy (non-hydrogen) atoms. The third-order valence-corrected chi connectivity index (χ3v) is 6.41. The number of aromatic nitrogens is 2. The summed E-state index contributed by atoms with van der Waals surface area (Å²) in [7, 11) is 1.60. The summed E-state index contributed by atoms with van der Waals surface area (Å²) >= 11 is 0. The number of fused-ring (bicyclic) bond motifs is 1. The second-order valence-electron chi connectivity index (χ2n) is 10.8. The molecule has 0 aliphatic carbocycles. The summed E-state index contributed by atoms with van der Waals surface area (Å²) in [6, 6.07) is 9.64. The number of carbonyl (C=O) groups excluding carboxylic acids is 1. The topological polar surface area (TPSA) is 119 Å². The molecule has 2 heterocycles. The maximum absolute atomic E-state index is 12.5. The van der Waals surface area contributed by atoms with Gasteiger partial charge in [0.1, 0.15) is 30.9 Å². The first-order valence-electron chi connectivity index (χ1n) is 13.8. The predicted octanol–water partition coefficient (Wildman–Crippen LogP) is 4.00. The fourth-order valence-corrected chi connectivity index (χ4v) is 4.40. The standard InChI is InChI=1S/C30H40N6O5/c1-20-8-7-9-21(2)27(20)34-29(31-18-26(37)41-30(3,4)5)35-28-22-16-24(38-6)25(17-23(22)32-19-33-28)40-15-12-36-10-13-39-14-11-36/h7-9,16-17,19H,10-15,18H2,1-6H3,(H2,31,32,33,34,35). The summed E-state index contributed by atoms with van der Waals surface area (Å²) in [4.78, 5) is 28.6. The number of nitrogens with one attached hydrogen (secondary N) is 2. The van der Waals surface area contributed by atoms with Crippen LogP contribution in [0.5, 0.6) is 11.5 Å². The van der Waals surface area contributed by atoms with Crippen LogP contribution in [-0.4, -0.2) is 85.5 Å². The van der Waals surface area contributed by atoms with E-state index in [9.17, 15) is 4.79 Å². The summed E-state index contributed by atoms with van der Waals surface area (Å²) in [6.07, 6.45) is 1.47. The smallest absolute Gasteiger partial charge is 0.325 e. The molecule has 1 aromatic heterocycles. The second kappa shape index (κ2) is 13.6. The first-order chi connectivity index (χ1) is 19.6. The maximum atomic E-state index is 12.5. The van der Waals surface area contributed by atoms with Crippen molar-refractivity contribution in [2.24, 2.45) is 4.99 Å². The summed E-state index contributed by atoms with van der Waals surface area (Å²) in [5.41, 5.74) is 2.85. The molecule has 0 bridgehead atoms. The molecule has 2 N–H and O–H groups in total. The molecule has 1 fully saturated rings. The molecule has 0 amide bonds. The molecular formula is C30H40N6O5. The summed E-state index contributed by atoms with van der Waals surface area (Å²) < 4.78 is 22.6. The lowest BCUT2D eigenvalue weighted by molar-refractivity contribution is -0.153. The molecule has 0 saturated carbocycles. The average Bonchev–Trinajstić information content (AvgIpc) is 2.93. The van der Waals surface area contributed by atoms with Crippen molar-refractivity contribution in [3.05, 3.63) is 47.8 Å². The van der Waals surface area contributed by atoms with Gasteiger partial charge in [-0.15, -0.1) is 0 Å². The van der Waals surface area contributed by atoms with E-state index in [0.717, 1.165) is 49.7 Å². The number of aliphatic imine (C=N–C) groups is 1. The van der Waals surface area contributed by atoms with Crippen LogP contribution >= 0.6 is 0 Å². The highest BCUT2D eigenvalue weighted by Crippen LogP contribution is 2.34. The quantitative estimate of drug-likeness (QED) is 0.224. The Labute approximate surface area is 241 Å². The van der Waals surface area contributed by atoms with Gasteiger partial charge in [0.15, 0.2) is 11.5 Å². The van der Waals surface area contributed by atoms with Gasteiger partial charge in [-0.05, 0) is 51.8 Å². The number of morpholine rings is 1. The van der Waals surface area contributed by atoms with Gasteiger partial charge in [0, 0.05) is 31.1 Å². The second-order valence-corrected chi connectivity index (χ2v) is 10.8.